The fourth-order valence-corrected chi connectivity index (χ4v) is 4.49. The van der Waals surface area contributed by atoms with Crippen molar-refractivity contribution in [3.8, 4) is 5.75 Å². The molecule has 2 aliphatic heterocycles. The summed E-state index contributed by atoms with van der Waals surface area (Å²) >= 11 is 6.33. The zero-order valence-corrected chi connectivity index (χ0v) is 21.8. The number of nitrogens with one attached hydrogen (secondary N) is 3. The van der Waals surface area contributed by atoms with Gasteiger partial charge in [0.05, 0.1) is 0 Å². The first-order valence-electron chi connectivity index (χ1n) is 12.0. The smallest absolute Gasteiger partial charge is 0.319 e. The number of carbonyl (C=O) groups excluding carboxylic acids is 4. The number of rotatable bonds is 8. The molecule has 0 radical (unpaired) electrons. The Labute approximate surface area is 220 Å². The first kappa shape index (κ1) is 26.4. The van der Waals surface area contributed by atoms with Gasteiger partial charge in [-0.25, -0.2) is 4.79 Å². The van der Waals surface area contributed by atoms with Gasteiger partial charge in [0.25, 0.3) is 5.91 Å². The van der Waals surface area contributed by atoms with Gasteiger partial charge in [-0.1, -0.05) is 23.7 Å². The Morgan fingerprint density at radius 2 is 2.00 bits per heavy atom. The molecule has 1 saturated heterocycles. The molecule has 1 fully saturated rings. The van der Waals surface area contributed by atoms with Crippen LogP contribution in [0.25, 0.3) is 0 Å². The van der Waals surface area contributed by atoms with Crippen LogP contribution in [0.15, 0.2) is 30.3 Å². The molecule has 11 heteroatoms. The number of carbonyl (C=O) groups is 4. The number of amides is 5. The fourth-order valence-electron chi connectivity index (χ4n) is 4.28. The monoisotopic (exact) mass is 527 g/mol. The normalized spacial score (nSPS) is 17.1. The van der Waals surface area contributed by atoms with Crippen molar-refractivity contribution < 1.29 is 23.9 Å². The molecule has 4 rings (SSSR count). The molecule has 0 spiro atoms. The van der Waals surface area contributed by atoms with E-state index in [1.807, 2.05) is 38.1 Å². The van der Waals surface area contributed by atoms with Gasteiger partial charge >= 0.3 is 6.03 Å². The van der Waals surface area contributed by atoms with E-state index in [1.165, 1.54) is 4.90 Å². The minimum Gasteiger partial charge on any atom is -0.492 e. The first-order valence-corrected chi connectivity index (χ1v) is 12.4. The maximum Gasteiger partial charge on any atom is 0.319 e. The third-order valence-corrected chi connectivity index (χ3v) is 6.79. The minimum atomic E-state index is -0.664. The highest BCUT2D eigenvalue weighted by Crippen LogP contribution is 2.31. The molecule has 1 unspecified atom stereocenters. The molecule has 2 aromatic rings. The van der Waals surface area contributed by atoms with E-state index in [9.17, 15) is 19.2 Å². The molecule has 196 valence electrons. The van der Waals surface area contributed by atoms with E-state index in [4.69, 9.17) is 16.3 Å². The topological polar surface area (TPSA) is 120 Å². The van der Waals surface area contributed by atoms with Crippen molar-refractivity contribution in [2.45, 2.75) is 38.9 Å². The number of fused-ring (bicyclic) bond motifs is 1. The molecule has 2 aliphatic rings. The van der Waals surface area contributed by atoms with Crippen LogP contribution in [-0.4, -0.2) is 66.8 Å². The lowest BCUT2D eigenvalue weighted by atomic mass is 10.0. The summed E-state index contributed by atoms with van der Waals surface area (Å²) in [5, 5.41) is 8.33. The molecular formula is C26H30ClN5O5. The van der Waals surface area contributed by atoms with Crippen molar-refractivity contribution >= 4 is 41.0 Å². The summed E-state index contributed by atoms with van der Waals surface area (Å²) in [7, 11) is 3.91. The number of piperidine rings is 1. The zero-order valence-electron chi connectivity index (χ0n) is 21.0. The van der Waals surface area contributed by atoms with Crippen LogP contribution in [0.3, 0.4) is 0 Å². The van der Waals surface area contributed by atoms with Crippen LogP contribution < -0.4 is 20.7 Å². The molecule has 10 nitrogen and oxygen atoms in total. The van der Waals surface area contributed by atoms with Gasteiger partial charge in [0.15, 0.2) is 0 Å². The first-order chi connectivity index (χ1) is 17.6. The van der Waals surface area contributed by atoms with Crippen molar-refractivity contribution in [2.75, 3.05) is 32.6 Å². The molecular weight excluding hydrogens is 498 g/mol. The highest BCUT2D eigenvalue weighted by Gasteiger charge is 2.39. The van der Waals surface area contributed by atoms with Gasteiger partial charge in [-0.15, -0.1) is 0 Å². The Morgan fingerprint density at radius 1 is 1.22 bits per heavy atom. The van der Waals surface area contributed by atoms with E-state index >= 15 is 0 Å². The van der Waals surface area contributed by atoms with Gasteiger partial charge in [-0.05, 0) is 50.7 Å². The molecule has 0 aromatic heterocycles. The highest BCUT2D eigenvalue weighted by atomic mass is 35.5. The number of urea groups is 1. The lowest BCUT2D eigenvalue weighted by molar-refractivity contribution is -0.136. The Hall–Kier alpha value is -3.63. The number of likely N-dealkylation sites (N-methyl/N-ethyl adjacent to an activating group) is 1. The third kappa shape index (κ3) is 6.20. The van der Waals surface area contributed by atoms with Crippen molar-refractivity contribution in [2.24, 2.45) is 0 Å². The number of ether oxygens (including phenoxy) is 1. The molecule has 5 amide bonds. The second-order valence-corrected chi connectivity index (χ2v) is 9.84. The number of benzene rings is 2. The van der Waals surface area contributed by atoms with E-state index in [1.54, 1.807) is 18.2 Å². The second kappa shape index (κ2) is 11.2. The number of imide groups is 1. The van der Waals surface area contributed by atoms with Gasteiger partial charge in [0, 0.05) is 54.0 Å². The third-order valence-electron chi connectivity index (χ3n) is 6.40. The summed E-state index contributed by atoms with van der Waals surface area (Å²) in [5.41, 5.74) is 3.33. The predicted molar refractivity (Wildman–Crippen MR) is 139 cm³/mol. The van der Waals surface area contributed by atoms with Gasteiger partial charge in [0.2, 0.25) is 11.8 Å². The zero-order chi connectivity index (χ0) is 26.7. The van der Waals surface area contributed by atoms with Crippen LogP contribution in [0.1, 0.15) is 39.9 Å². The largest absolute Gasteiger partial charge is 0.492 e. The van der Waals surface area contributed by atoms with Crippen LogP contribution >= 0.6 is 11.6 Å². The number of halogens is 1. The highest BCUT2D eigenvalue weighted by molar-refractivity contribution is 6.32. The summed E-state index contributed by atoms with van der Waals surface area (Å²) in [4.78, 5) is 52.7. The average molecular weight is 528 g/mol. The number of hydrogen-bond acceptors (Lipinski definition) is 6. The van der Waals surface area contributed by atoms with Gasteiger partial charge < -0.3 is 25.2 Å². The van der Waals surface area contributed by atoms with Gasteiger partial charge in [0.1, 0.15) is 18.4 Å². The maximum atomic E-state index is 13.0. The summed E-state index contributed by atoms with van der Waals surface area (Å²) in [6.07, 6.45) is 0.515. The minimum absolute atomic E-state index is 0.191. The molecule has 2 aromatic carbocycles. The quantitative estimate of drug-likeness (QED) is 0.454. The van der Waals surface area contributed by atoms with Crippen molar-refractivity contribution in [3.63, 3.8) is 0 Å². The van der Waals surface area contributed by atoms with Crippen LogP contribution in [-0.2, 0) is 22.7 Å². The van der Waals surface area contributed by atoms with Crippen molar-refractivity contribution in [3.05, 3.63) is 57.6 Å². The second-order valence-electron chi connectivity index (χ2n) is 9.43. The van der Waals surface area contributed by atoms with Crippen molar-refractivity contribution in [1.82, 2.24) is 20.4 Å². The lowest BCUT2D eigenvalue weighted by Crippen LogP contribution is -2.52. The van der Waals surface area contributed by atoms with Gasteiger partial charge in [-0.3, -0.25) is 19.7 Å². The SMILES string of the molecule is Cc1c(Cl)cc(NC(=O)NCc2ccc3c(c2)C(=O)N(C2CCC(=O)NC2=O)C3)cc1OCCN(C)C. The van der Waals surface area contributed by atoms with E-state index in [0.29, 0.717) is 41.6 Å². The number of anilines is 1. The summed E-state index contributed by atoms with van der Waals surface area (Å²) in [6.45, 7) is 3.58. The lowest BCUT2D eigenvalue weighted by Gasteiger charge is -2.29. The standard InChI is InChI=1S/C26H30ClN5O5/c1-15-20(27)11-18(12-22(15)37-9-8-31(2)3)29-26(36)28-13-16-4-5-17-14-32(25(35)19(17)10-16)21-6-7-23(33)30-24(21)34/h4-5,10-12,21H,6-9,13-14H2,1-3H3,(H2,28,29,36)(H,30,33,34). The van der Waals surface area contributed by atoms with E-state index in [0.717, 1.165) is 23.2 Å². The van der Waals surface area contributed by atoms with Crippen LogP contribution in [0.2, 0.25) is 5.02 Å². The summed E-state index contributed by atoms with van der Waals surface area (Å²) in [5.74, 6) is -0.425. The summed E-state index contributed by atoms with van der Waals surface area (Å²) in [6, 6.07) is 7.68. The average Bonchev–Trinajstić information content (AvgIpc) is 3.16. The molecule has 37 heavy (non-hydrogen) atoms. The molecule has 0 aliphatic carbocycles. The van der Waals surface area contributed by atoms with Gasteiger partial charge in [-0.2, -0.15) is 0 Å². The summed E-state index contributed by atoms with van der Waals surface area (Å²) < 4.78 is 5.82. The van der Waals surface area contributed by atoms with E-state index in [2.05, 4.69) is 16.0 Å². The van der Waals surface area contributed by atoms with E-state index in [-0.39, 0.29) is 24.8 Å². The Kier molecular flexibility index (Phi) is 7.99. The molecule has 2 heterocycles. The fraction of sp³-hybridized carbons (Fsp3) is 0.385. The predicted octanol–water partition coefficient (Wildman–Crippen LogP) is 2.67. The van der Waals surface area contributed by atoms with Crippen molar-refractivity contribution in [1.29, 1.82) is 0 Å². The number of nitrogens with zero attached hydrogens (tertiary/aromatic N) is 2. The van der Waals surface area contributed by atoms with Crippen LogP contribution in [0.5, 0.6) is 5.75 Å². The van der Waals surface area contributed by atoms with Crippen LogP contribution in [0, 0.1) is 6.92 Å². The molecule has 0 bridgehead atoms. The molecule has 3 N–H and O–H groups in total. The maximum absolute atomic E-state index is 13.0. The van der Waals surface area contributed by atoms with E-state index < -0.39 is 18.0 Å². The Balaban J connectivity index is 1.35. The Morgan fingerprint density at radius 3 is 2.73 bits per heavy atom. The molecule has 0 saturated carbocycles. The number of hydrogen-bond donors (Lipinski definition) is 3. The molecule has 1 atom stereocenters. The Bertz CT molecular complexity index is 1250. The van der Waals surface area contributed by atoms with Crippen LogP contribution in [0.4, 0.5) is 10.5 Å².